The van der Waals surface area contributed by atoms with E-state index in [1.165, 1.54) is 12.3 Å². The Balaban J connectivity index is 2.05. The van der Waals surface area contributed by atoms with Gasteiger partial charge in [-0.25, -0.2) is 8.78 Å². The van der Waals surface area contributed by atoms with Crippen LogP contribution in [0.2, 0.25) is 0 Å². The highest BCUT2D eigenvalue weighted by Crippen LogP contribution is 2.58. The van der Waals surface area contributed by atoms with Gasteiger partial charge >= 0.3 is 6.18 Å². The van der Waals surface area contributed by atoms with Crippen molar-refractivity contribution in [2.75, 3.05) is 0 Å². The molecule has 0 aliphatic heterocycles. The molecule has 1 atom stereocenters. The minimum Gasteiger partial charge on any atom is -0.386 e. The van der Waals surface area contributed by atoms with Gasteiger partial charge in [0, 0.05) is 25.2 Å². The molecule has 0 spiro atoms. The Kier molecular flexibility index (Phi) is 3.82. The van der Waals surface area contributed by atoms with Crippen LogP contribution in [0.4, 0.5) is 22.0 Å². The van der Waals surface area contributed by atoms with Gasteiger partial charge in [0.1, 0.15) is 6.10 Å². The van der Waals surface area contributed by atoms with E-state index >= 15 is 0 Å². The van der Waals surface area contributed by atoms with Crippen molar-refractivity contribution in [3.05, 3.63) is 59.7 Å². The summed E-state index contributed by atoms with van der Waals surface area (Å²) in [7, 11) is 0. The fourth-order valence-electron chi connectivity index (χ4n) is 3.09. The highest BCUT2D eigenvalue weighted by molar-refractivity contribution is 5.33. The summed E-state index contributed by atoms with van der Waals surface area (Å²) < 4.78 is 65.8. The summed E-state index contributed by atoms with van der Waals surface area (Å²) in [5.74, 6) is -3.06. The summed E-state index contributed by atoms with van der Waals surface area (Å²) in [5.41, 5.74) is -2.68. The van der Waals surface area contributed by atoms with Gasteiger partial charge in [0.25, 0.3) is 0 Å². The average Bonchev–Trinajstić information content (AvgIpc) is 2.51. The fraction of sp³-hybridized carbons (Fsp3) is 0.375. The first kappa shape index (κ1) is 16.8. The van der Waals surface area contributed by atoms with Crippen LogP contribution in [0.25, 0.3) is 0 Å². The second kappa shape index (κ2) is 5.47. The van der Waals surface area contributed by atoms with Gasteiger partial charge in [0.15, 0.2) is 0 Å². The van der Waals surface area contributed by atoms with Crippen LogP contribution in [-0.2, 0) is 11.6 Å². The van der Waals surface area contributed by atoms with Crippen molar-refractivity contribution in [3.8, 4) is 0 Å². The molecule has 1 fully saturated rings. The Morgan fingerprint density at radius 3 is 2.29 bits per heavy atom. The van der Waals surface area contributed by atoms with Crippen molar-refractivity contribution in [1.82, 2.24) is 9.97 Å². The molecule has 0 unspecified atom stereocenters. The third-order valence-corrected chi connectivity index (χ3v) is 4.24. The fourth-order valence-corrected chi connectivity index (χ4v) is 3.09. The molecule has 2 aromatic heterocycles. The molecular formula is C16H13F5N2O. The largest absolute Gasteiger partial charge is 0.416 e. The number of hydrogen-bond donors (Lipinski definition) is 1. The molecule has 3 rings (SSSR count). The lowest BCUT2D eigenvalue weighted by Gasteiger charge is -2.49. The van der Waals surface area contributed by atoms with Gasteiger partial charge in [-0.1, -0.05) is 6.07 Å². The van der Waals surface area contributed by atoms with Crippen LogP contribution in [-0.4, -0.2) is 21.0 Å². The standard InChI is InChI=1S/C16H13F5N2O/c17-15(18)8-14(9-15,13(24)11-3-1-2-5-22-11)12-7-10(4-6-23-12)16(19,20)21/h1-7,13,24H,8-9H2/t13-/m1/s1. The van der Waals surface area contributed by atoms with Gasteiger partial charge < -0.3 is 5.11 Å². The summed E-state index contributed by atoms with van der Waals surface area (Å²) in [4.78, 5) is 7.76. The molecular weight excluding hydrogens is 331 g/mol. The molecule has 1 aliphatic carbocycles. The van der Waals surface area contributed by atoms with Crippen LogP contribution in [0.5, 0.6) is 0 Å². The smallest absolute Gasteiger partial charge is 0.386 e. The first-order valence-corrected chi connectivity index (χ1v) is 7.15. The van der Waals surface area contributed by atoms with E-state index < -0.39 is 42.0 Å². The van der Waals surface area contributed by atoms with Gasteiger partial charge in [-0.3, -0.25) is 9.97 Å². The minimum atomic E-state index is -4.62. The number of pyridine rings is 2. The second-order valence-corrected chi connectivity index (χ2v) is 5.95. The van der Waals surface area contributed by atoms with Crippen LogP contribution in [0.3, 0.4) is 0 Å². The lowest BCUT2D eigenvalue weighted by atomic mass is 9.59. The molecule has 0 radical (unpaired) electrons. The number of alkyl halides is 5. The number of aromatic nitrogens is 2. The van der Waals surface area contributed by atoms with E-state index in [1.54, 1.807) is 12.1 Å². The molecule has 1 saturated carbocycles. The van der Waals surface area contributed by atoms with Crippen molar-refractivity contribution in [3.63, 3.8) is 0 Å². The van der Waals surface area contributed by atoms with E-state index in [0.29, 0.717) is 0 Å². The molecule has 24 heavy (non-hydrogen) atoms. The summed E-state index contributed by atoms with van der Waals surface area (Å²) in [6.45, 7) is 0. The minimum absolute atomic E-state index is 0.118. The predicted molar refractivity (Wildman–Crippen MR) is 74.3 cm³/mol. The van der Waals surface area contributed by atoms with Crippen molar-refractivity contribution >= 4 is 0 Å². The molecule has 0 bridgehead atoms. The quantitative estimate of drug-likeness (QED) is 0.859. The van der Waals surface area contributed by atoms with Crippen molar-refractivity contribution in [1.29, 1.82) is 0 Å². The normalized spacial score (nSPS) is 20.2. The lowest BCUT2D eigenvalue weighted by molar-refractivity contribution is -0.165. The first-order chi connectivity index (χ1) is 11.1. The first-order valence-electron chi connectivity index (χ1n) is 7.15. The molecule has 8 heteroatoms. The van der Waals surface area contributed by atoms with E-state index in [9.17, 15) is 27.1 Å². The highest BCUT2D eigenvalue weighted by atomic mass is 19.4. The predicted octanol–water partition coefficient (Wildman–Crippen LogP) is 3.90. The number of halogens is 5. The zero-order valence-corrected chi connectivity index (χ0v) is 12.3. The summed E-state index contributed by atoms with van der Waals surface area (Å²) in [6.07, 6.45) is -5.38. The third-order valence-electron chi connectivity index (χ3n) is 4.24. The summed E-state index contributed by atoms with van der Waals surface area (Å²) in [6, 6.07) is 6.08. The zero-order chi connectivity index (χ0) is 17.6. The number of aliphatic hydroxyl groups is 1. The van der Waals surface area contributed by atoms with Gasteiger partial charge in [-0.15, -0.1) is 0 Å². The van der Waals surface area contributed by atoms with Crippen LogP contribution in [0.15, 0.2) is 42.7 Å². The Hall–Kier alpha value is -2.09. The van der Waals surface area contributed by atoms with Gasteiger partial charge in [0.2, 0.25) is 5.92 Å². The number of aliphatic hydroxyl groups excluding tert-OH is 1. The third kappa shape index (κ3) is 2.86. The van der Waals surface area contributed by atoms with Crippen molar-refractivity contribution < 1.29 is 27.1 Å². The Morgan fingerprint density at radius 2 is 1.75 bits per heavy atom. The van der Waals surface area contributed by atoms with E-state index in [-0.39, 0.29) is 11.4 Å². The van der Waals surface area contributed by atoms with Gasteiger partial charge in [0.05, 0.1) is 22.4 Å². The Labute approximate surface area is 134 Å². The molecule has 2 heterocycles. The van der Waals surface area contributed by atoms with Crippen LogP contribution in [0.1, 0.15) is 35.9 Å². The maximum atomic E-state index is 13.5. The Morgan fingerprint density at radius 1 is 1.04 bits per heavy atom. The van der Waals surface area contributed by atoms with Gasteiger partial charge in [-0.2, -0.15) is 13.2 Å². The maximum Gasteiger partial charge on any atom is 0.416 e. The Bertz CT molecular complexity index is 725. The summed E-state index contributed by atoms with van der Waals surface area (Å²) >= 11 is 0. The maximum absolute atomic E-state index is 13.5. The molecule has 2 aromatic rings. The molecule has 0 saturated heterocycles. The molecule has 1 aliphatic rings. The van der Waals surface area contributed by atoms with Gasteiger partial charge in [-0.05, 0) is 24.3 Å². The van der Waals surface area contributed by atoms with E-state index in [0.717, 1.165) is 18.3 Å². The number of rotatable bonds is 3. The monoisotopic (exact) mass is 344 g/mol. The molecule has 3 nitrogen and oxygen atoms in total. The molecule has 1 N–H and O–H groups in total. The lowest BCUT2D eigenvalue weighted by Crippen LogP contribution is -2.53. The van der Waals surface area contributed by atoms with Crippen LogP contribution in [0, 0.1) is 0 Å². The van der Waals surface area contributed by atoms with Crippen molar-refractivity contribution in [2.24, 2.45) is 0 Å². The SMILES string of the molecule is O[C@H](c1ccccn1)C1(c2cc(C(F)(F)F)ccn2)CC(F)(F)C1. The topological polar surface area (TPSA) is 46.0 Å². The van der Waals surface area contributed by atoms with Crippen molar-refractivity contribution in [2.45, 2.75) is 36.5 Å². The van der Waals surface area contributed by atoms with E-state index in [4.69, 9.17) is 0 Å². The second-order valence-electron chi connectivity index (χ2n) is 5.95. The molecule has 0 aromatic carbocycles. The summed E-state index contributed by atoms with van der Waals surface area (Å²) in [5, 5.41) is 10.6. The molecule has 128 valence electrons. The average molecular weight is 344 g/mol. The van der Waals surface area contributed by atoms with Crippen LogP contribution >= 0.6 is 0 Å². The van der Waals surface area contributed by atoms with Crippen LogP contribution < -0.4 is 0 Å². The van der Waals surface area contributed by atoms with E-state index in [2.05, 4.69) is 9.97 Å². The number of hydrogen-bond acceptors (Lipinski definition) is 3. The highest BCUT2D eigenvalue weighted by Gasteiger charge is 2.62. The zero-order valence-electron chi connectivity index (χ0n) is 12.3. The number of nitrogens with zero attached hydrogens (tertiary/aromatic N) is 2. The van der Waals surface area contributed by atoms with E-state index in [1.807, 2.05) is 0 Å². The molecule has 0 amide bonds.